The zero-order valence-electron chi connectivity index (χ0n) is 13.0. The van der Waals surface area contributed by atoms with Crippen molar-refractivity contribution in [1.82, 2.24) is 4.98 Å². The lowest BCUT2D eigenvalue weighted by Crippen LogP contribution is -2.13. The molecule has 0 unspecified atom stereocenters. The topological polar surface area (TPSA) is 68.3 Å². The summed E-state index contributed by atoms with van der Waals surface area (Å²) in [5.74, 6) is 0.731. The van der Waals surface area contributed by atoms with Gasteiger partial charge in [-0.1, -0.05) is 30.3 Å². The number of anilines is 1. The monoisotopic (exact) mass is 340 g/mol. The van der Waals surface area contributed by atoms with Crippen LogP contribution in [-0.2, 0) is 10.0 Å². The lowest BCUT2D eigenvalue weighted by molar-refractivity contribution is 0.415. The highest BCUT2D eigenvalue weighted by Gasteiger charge is 2.16. The Kier molecular flexibility index (Phi) is 4.48. The normalized spacial score (nSPS) is 11.0. The van der Waals surface area contributed by atoms with Crippen molar-refractivity contribution in [2.45, 2.75) is 4.90 Å². The lowest BCUT2D eigenvalue weighted by atomic mass is 10.1. The van der Waals surface area contributed by atoms with Gasteiger partial charge in [0.15, 0.2) is 0 Å². The Hall–Kier alpha value is -2.86. The molecule has 0 saturated carbocycles. The zero-order valence-corrected chi connectivity index (χ0v) is 13.8. The highest BCUT2D eigenvalue weighted by atomic mass is 32.2. The number of nitrogens with zero attached hydrogens (tertiary/aromatic N) is 1. The second-order valence-corrected chi connectivity index (χ2v) is 6.75. The smallest absolute Gasteiger partial charge is 0.261 e. The van der Waals surface area contributed by atoms with Crippen LogP contribution in [0.25, 0.3) is 11.1 Å². The molecule has 0 amide bonds. The molecule has 0 aliphatic rings. The molecule has 2 aromatic carbocycles. The van der Waals surface area contributed by atoms with Crippen LogP contribution < -0.4 is 9.46 Å². The molecule has 0 bridgehead atoms. The molecule has 0 aliphatic heterocycles. The maximum Gasteiger partial charge on any atom is 0.261 e. The van der Waals surface area contributed by atoms with E-state index < -0.39 is 10.0 Å². The number of aromatic nitrogens is 1. The summed E-state index contributed by atoms with van der Waals surface area (Å²) in [6, 6.07) is 17.2. The largest absolute Gasteiger partial charge is 0.497 e. The third-order valence-electron chi connectivity index (χ3n) is 3.52. The molecule has 0 saturated heterocycles. The van der Waals surface area contributed by atoms with Gasteiger partial charge >= 0.3 is 0 Å². The van der Waals surface area contributed by atoms with Crippen LogP contribution in [-0.4, -0.2) is 20.5 Å². The van der Waals surface area contributed by atoms with Crippen LogP contribution in [0.5, 0.6) is 5.75 Å². The Morgan fingerprint density at radius 3 is 2.33 bits per heavy atom. The van der Waals surface area contributed by atoms with Gasteiger partial charge < -0.3 is 4.74 Å². The van der Waals surface area contributed by atoms with E-state index >= 15 is 0 Å². The minimum atomic E-state index is -3.66. The molecule has 0 fully saturated rings. The number of hydrogen-bond acceptors (Lipinski definition) is 4. The fourth-order valence-corrected chi connectivity index (χ4v) is 3.39. The van der Waals surface area contributed by atoms with Crippen molar-refractivity contribution >= 4 is 15.7 Å². The maximum atomic E-state index is 12.5. The van der Waals surface area contributed by atoms with Crippen molar-refractivity contribution in [1.29, 1.82) is 0 Å². The van der Waals surface area contributed by atoms with Crippen molar-refractivity contribution < 1.29 is 13.2 Å². The van der Waals surface area contributed by atoms with Crippen molar-refractivity contribution in [2.75, 3.05) is 11.8 Å². The first-order valence-electron chi connectivity index (χ1n) is 7.26. The Morgan fingerprint density at radius 2 is 1.67 bits per heavy atom. The van der Waals surface area contributed by atoms with Gasteiger partial charge in [-0.15, -0.1) is 0 Å². The summed E-state index contributed by atoms with van der Waals surface area (Å²) in [4.78, 5) is 4.31. The minimum absolute atomic E-state index is 0.211. The molecule has 1 heterocycles. The summed E-state index contributed by atoms with van der Waals surface area (Å²) in [6.07, 6.45) is 3.18. The van der Waals surface area contributed by atoms with Crippen LogP contribution in [0.1, 0.15) is 0 Å². The Morgan fingerprint density at radius 1 is 0.958 bits per heavy atom. The molecule has 0 spiro atoms. The molecule has 0 aliphatic carbocycles. The standard InChI is InChI=1S/C18H16N2O3S/c1-23-15-9-7-14(8-10-15)17-13-19-12-11-18(17)20-24(21,22)16-5-3-2-4-6-16/h2-13H,1H3,(H,19,20). The van der Waals surface area contributed by atoms with Crippen molar-refractivity contribution in [3.8, 4) is 16.9 Å². The van der Waals surface area contributed by atoms with Gasteiger partial charge in [-0.2, -0.15) is 0 Å². The average Bonchev–Trinajstić information content (AvgIpc) is 2.63. The molecule has 1 aromatic heterocycles. The van der Waals surface area contributed by atoms with Crippen molar-refractivity contribution in [3.05, 3.63) is 73.1 Å². The fourth-order valence-electron chi connectivity index (χ4n) is 2.29. The van der Waals surface area contributed by atoms with E-state index in [0.29, 0.717) is 11.3 Å². The van der Waals surface area contributed by atoms with E-state index in [1.54, 1.807) is 55.9 Å². The number of sulfonamides is 1. The Labute approximate surface area is 141 Å². The van der Waals surface area contributed by atoms with E-state index in [-0.39, 0.29) is 4.90 Å². The van der Waals surface area contributed by atoms with Gasteiger partial charge in [0.25, 0.3) is 10.0 Å². The second-order valence-electron chi connectivity index (χ2n) is 5.07. The molecule has 1 N–H and O–H groups in total. The van der Waals surface area contributed by atoms with Gasteiger partial charge in [0, 0.05) is 18.0 Å². The van der Waals surface area contributed by atoms with Gasteiger partial charge in [-0.3, -0.25) is 9.71 Å². The number of nitrogens with one attached hydrogen (secondary N) is 1. The Balaban J connectivity index is 1.98. The van der Waals surface area contributed by atoms with Crippen LogP contribution in [0.4, 0.5) is 5.69 Å². The number of methoxy groups -OCH3 is 1. The van der Waals surface area contributed by atoms with E-state index in [1.165, 1.54) is 0 Å². The van der Waals surface area contributed by atoms with Crippen LogP contribution in [0.2, 0.25) is 0 Å². The fraction of sp³-hybridized carbons (Fsp3) is 0.0556. The minimum Gasteiger partial charge on any atom is -0.497 e. The molecule has 0 radical (unpaired) electrons. The lowest BCUT2D eigenvalue weighted by Gasteiger charge is -2.12. The summed E-state index contributed by atoms with van der Waals surface area (Å²) in [7, 11) is -2.06. The molecular formula is C18H16N2O3S. The molecule has 6 heteroatoms. The number of hydrogen-bond donors (Lipinski definition) is 1. The van der Waals surface area contributed by atoms with Crippen LogP contribution in [0.3, 0.4) is 0 Å². The van der Waals surface area contributed by atoms with Crippen LogP contribution in [0, 0.1) is 0 Å². The summed E-state index contributed by atoms with van der Waals surface area (Å²) in [5, 5.41) is 0. The first-order valence-corrected chi connectivity index (χ1v) is 8.75. The SMILES string of the molecule is COc1ccc(-c2cnccc2NS(=O)(=O)c2ccccc2)cc1. The van der Waals surface area contributed by atoms with Gasteiger partial charge in [0.05, 0.1) is 17.7 Å². The highest BCUT2D eigenvalue weighted by Crippen LogP contribution is 2.30. The molecule has 0 atom stereocenters. The van der Waals surface area contributed by atoms with Crippen molar-refractivity contribution in [2.24, 2.45) is 0 Å². The van der Waals surface area contributed by atoms with E-state index in [1.807, 2.05) is 24.3 Å². The first-order chi connectivity index (χ1) is 11.6. The third-order valence-corrected chi connectivity index (χ3v) is 4.90. The van der Waals surface area contributed by atoms with Crippen molar-refractivity contribution in [3.63, 3.8) is 0 Å². The van der Waals surface area contributed by atoms with E-state index in [0.717, 1.165) is 11.3 Å². The van der Waals surface area contributed by atoms with Gasteiger partial charge in [-0.25, -0.2) is 8.42 Å². The first kappa shape index (κ1) is 16.0. The van der Waals surface area contributed by atoms with Gasteiger partial charge in [0.2, 0.25) is 0 Å². The molecular weight excluding hydrogens is 324 g/mol. The molecule has 24 heavy (non-hydrogen) atoms. The van der Waals surface area contributed by atoms with Gasteiger partial charge in [0.1, 0.15) is 5.75 Å². The molecule has 5 nitrogen and oxygen atoms in total. The average molecular weight is 340 g/mol. The van der Waals surface area contributed by atoms with E-state index in [4.69, 9.17) is 4.74 Å². The predicted molar refractivity (Wildman–Crippen MR) is 93.5 cm³/mol. The summed E-state index contributed by atoms with van der Waals surface area (Å²) in [6.45, 7) is 0. The second kappa shape index (κ2) is 6.72. The highest BCUT2D eigenvalue weighted by molar-refractivity contribution is 7.92. The van der Waals surface area contributed by atoms with Crippen LogP contribution in [0.15, 0.2) is 78.0 Å². The maximum absolute atomic E-state index is 12.5. The molecule has 122 valence electrons. The summed E-state index contributed by atoms with van der Waals surface area (Å²) < 4.78 is 32.8. The van der Waals surface area contributed by atoms with Crippen LogP contribution >= 0.6 is 0 Å². The van der Waals surface area contributed by atoms with E-state index in [9.17, 15) is 8.42 Å². The number of ether oxygens (including phenoxy) is 1. The van der Waals surface area contributed by atoms with Gasteiger partial charge in [-0.05, 0) is 35.9 Å². The Bertz CT molecular complexity index is 924. The number of rotatable bonds is 5. The third kappa shape index (κ3) is 3.38. The van der Waals surface area contributed by atoms with E-state index in [2.05, 4.69) is 9.71 Å². The summed E-state index contributed by atoms with van der Waals surface area (Å²) in [5.41, 5.74) is 2.01. The predicted octanol–water partition coefficient (Wildman–Crippen LogP) is 3.56. The summed E-state index contributed by atoms with van der Waals surface area (Å²) >= 11 is 0. The number of benzene rings is 2. The zero-order chi connectivity index (χ0) is 17.0. The number of pyridine rings is 1. The molecule has 3 rings (SSSR count). The molecule has 3 aromatic rings. The quantitative estimate of drug-likeness (QED) is 0.771.